The van der Waals surface area contributed by atoms with Gasteiger partial charge in [-0.3, -0.25) is 9.97 Å². The Labute approximate surface area is 171 Å². The number of fused-ring (bicyclic) bond motifs is 1. The van der Waals surface area contributed by atoms with E-state index in [2.05, 4.69) is 74.9 Å². The molecule has 7 nitrogen and oxygen atoms in total. The Morgan fingerprint density at radius 1 is 1.10 bits per heavy atom. The van der Waals surface area contributed by atoms with Crippen molar-refractivity contribution in [1.29, 1.82) is 0 Å². The molecule has 4 rings (SSSR count). The molecule has 148 valence electrons. The van der Waals surface area contributed by atoms with Crippen molar-refractivity contribution in [2.75, 3.05) is 35.3 Å². The van der Waals surface area contributed by atoms with E-state index in [0.717, 1.165) is 60.2 Å². The number of pyridine rings is 2. The Kier molecular flexibility index (Phi) is 5.37. The summed E-state index contributed by atoms with van der Waals surface area (Å²) in [6.07, 6.45) is 8.80. The number of aryl methyl sites for hydroxylation is 1. The average Bonchev–Trinajstić information content (AvgIpc) is 2.93. The third-order valence-electron chi connectivity index (χ3n) is 5.04. The summed E-state index contributed by atoms with van der Waals surface area (Å²) in [6.45, 7) is 8.11. The molecule has 0 saturated carbocycles. The number of nitrogens with one attached hydrogen (secondary N) is 1. The molecular weight excluding hydrogens is 362 g/mol. The van der Waals surface area contributed by atoms with Crippen LogP contribution >= 0.6 is 0 Å². The molecule has 0 bridgehead atoms. The van der Waals surface area contributed by atoms with E-state index in [1.54, 1.807) is 18.6 Å². The normalized spacial score (nSPS) is 13.6. The third kappa shape index (κ3) is 4.03. The van der Waals surface area contributed by atoms with Crippen molar-refractivity contribution >= 4 is 17.3 Å². The van der Waals surface area contributed by atoms with E-state index in [-0.39, 0.29) is 0 Å². The number of hydrogen-bond acceptors (Lipinski definition) is 7. The van der Waals surface area contributed by atoms with Crippen LogP contribution in [0.2, 0.25) is 0 Å². The first kappa shape index (κ1) is 18.9. The summed E-state index contributed by atoms with van der Waals surface area (Å²) in [6, 6.07) is 8.32. The van der Waals surface area contributed by atoms with Gasteiger partial charge in [0, 0.05) is 50.0 Å². The molecule has 1 aliphatic rings. The van der Waals surface area contributed by atoms with Crippen LogP contribution in [0.3, 0.4) is 0 Å². The molecule has 1 aliphatic heterocycles. The standard InChI is InChI=1S/C22H25N7/c1-4-18-7-6-17(14-25-18)19-8-9-20-22(27-19)29(13-5-12-28(20)3)16(2)26-21-15-23-10-11-24-21/h6-11,14-15H,2,4-5,12-13H2,1,3H3,(H,24,26). The predicted molar refractivity (Wildman–Crippen MR) is 117 cm³/mol. The molecule has 29 heavy (non-hydrogen) atoms. The van der Waals surface area contributed by atoms with Crippen molar-refractivity contribution in [3.8, 4) is 11.3 Å². The van der Waals surface area contributed by atoms with Crippen LogP contribution in [0.1, 0.15) is 19.0 Å². The van der Waals surface area contributed by atoms with Crippen molar-refractivity contribution in [2.24, 2.45) is 0 Å². The van der Waals surface area contributed by atoms with Gasteiger partial charge < -0.3 is 15.1 Å². The van der Waals surface area contributed by atoms with Gasteiger partial charge in [-0.25, -0.2) is 9.97 Å². The zero-order chi connectivity index (χ0) is 20.2. The molecule has 4 heterocycles. The fourth-order valence-electron chi connectivity index (χ4n) is 3.42. The zero-order valence-electron chi connectivity index (χ0n) is 16.8. The van der Waals surface area contributed by atoms with Crippen molar-refractivity contribution in [1.82, 2.24) is 19.9 Å². The maximum absolute atomic E-state index is 5.00. The van der Waals surface area contributed by atoms with Crippen LogP contribution in [0, 0.1) is 0 Å². The lowest BCUT2D eigenvalue weighted by Gasteiger charge is -2.27. The number of aromatic nitrogens is 4. The summed E-state index contributed by atoms with van der Waals surface area (Å²) < 4.78 is 0. The molecule has 0 aliphatic carbocycles. The van der Waals surface area contributed by atoms with Gasteiger partial charge in [0.2, 0.25) is 0 Å². The molecule has 3 aromatic heterocycles. The maximum atomic E-state index is 5.00. The lowest BCUT2D eigenvalue weighted by atomic mass is 10.1. The molecule has 7 heteroatoms. The van der Waals surface area contributed by atoms with Gasteiger partial charge in [0.25, 0.3) is 0 Å². The molecule has 0 saturated heterocycles. The molecule has 0 fully saturated rings. The molecule has 1 N–H and O–H groups in total. The molecule has 0 amide bonds. The van der Waals surface area contributed by atoms with Crippen LogP contribution in [-0.2, 0) is 6.42 Å². The first-order chi connectivity index (χ1) is 14.2. The minimum Gasteiger partial charge on any atom is -0.372 e. The summed E-state index contributed by atoms with van der Waals surface area (Å²) in [5.41, 5.74) is 4.05. The van der Waals surface area contributed by atoms with Crippen molar-refractivity contribution in [3.63, 3.8) is 0 Å². The van der Waals surface area contributed by atoms with Crippen molar-refractivity contribution in [2.45, 2.75) is 19.8 Å². The van der Waals surface area contributed by atoms with Gasteiger partial charge >= 0.3 is 0 Å². The van der Waals surface area contributed by atoms with Crippen LogP contribution in [0.5, 0.6) is 0 Å². The second kappa shape index (κ2) is 8.26. The molecule has 0 aromatic carbocycles. The zero-order valence-corrected chi connectivity index (χ0v) is 16.8. The number of nitrogens with zero attached hydrogens (tertiary/aromatic N) is 6. The van der Waals surface area contributed by atoms with Gasteiger partial charge in [-0.15, -0.1) is 0 Å². The van der Waals surface area contributed by atoms with Crippen LogP contribution in [-0.4, -0.2) is 40.1 Å². The van der Waals surface area contributed by atoms with E-state index < -0.39 is 0 Å². The number of rotatable bonds is 5. The highest BCUT2D eigenvalue weighted by atomic mass is 15.3. The summed E-state index contributed by atoms with van der Waals surface area (Å²) in [5, 5.41) is 3.26. The fraction of sp³-hybridized carbons (Fsp3) is 0.273. The summed E-state index contributed by atoms with van der Waals surface area (Å²) in [7, 11) is 2.10. The van der Waals surface area contributed by atoms with E-state index >= 15 is 0 Å². The monoisotopic (exact) mass is 387 g/mol. The van der Waals surface area contributed by atoms with Crippen LogP contribution < -0.4 is 15.1 Å². The highest BCUT2D eigenvalue weighted by molar-refractivity contribution is 5.75. The Bertz CT molecular complexity index is 986. The largest absolute Gasteiger partial charge is 0.372 e. The lowest BCUT2D eigenvalue weighted by Crippen LogP contribution is -2.28. The molecule has 0 spiro atoms. The fourth-order valence-corrected chi connectivity index (χ4v) is 3.42. The topological polar surface area (TPSA) is 70.1 Å². The van der Waals surface area contributed by atoms with E-state index in [0.29, 0.717) is 5.82 Å². The Hall–Kier alpha value is -3.48. The number of anilines is 3. The van der Waals surface area contributed by atoms with Crippen LogP contribution in [0.15, 0.2) is 61.5 Å². The second-order valence-corrected chi connectivity index (χ2v) is 7.02. The average molecular weight is 387 g/mol. The van der Waals surface area contributed by atoms with Crippen LogP contribution in [0.4, 0.5) is 17.3 Å². The van der Waals surface area contributed by atoms with Gasteiger partial charge in [0.1, 0.15) is 11.6 Å². The van der Waals surface area contributed by atoms with Crippen LogP contribution in [0.25, 0.3) is 11.3 Å². The van der Waals surface area contributed by atoms with Gasteiger partial charge in [0.15, 0.2) is 5.82 Å². The smallest absolute Gasteiger partial charge is 0.158 e. The Morgan fingerprint density at radius 2 is 2.00 bits per heavy atom. The summed E-state index contributed by atoms with van der Waals surface area (Å²) >= 11 is 0. The molecule has 0 atom stereocenters. The Balaban J connectivity index is 1.69. The SMILES string of the molecule is C=C(Nc1cnccn1)N1CCCN(C)c2ccc(-c3ccc(CC)nc3)nc21. The highest BCUT2D eigenvalue weighted by Crippen LogP contribution is 2.34. The molecule has 0 radical (unpaired) electrons. The predicted octanol–water partition coefficient (Wildman–Crippen LogP) is 3.73. The number of hydrogen-bond donors (Lipinski definition) is 1. The van der Waals surface area contributed by atoms with Crippen molar-refractivity contribution in [3.05, 3.63) is 67.1 Å². The van der Waals surface area contributed by atoms with E-state index in [9.17, 15) is 0 Å². The summed E-state index contributed by atoms with van der Waals surface area (Å²) in [4.78, 5) is 22.3. The maximum Gasteiger partial charge on any atom is 0.158 e. The lowest BCUT2D eigenvalue weighted by molar-refractivity contribution is 0.789. The van der Waals surface area contributed by atoms with Gasteiger partial charge in [-0.1, -0.05) is 13.5 Å². The van der Waals surface area contributed by atoms with Gasteiger partial charge in [-0.05, 0) is 37.1 Å². The quantitative estimate of drug-likeness (QED) is 0.715. The minimum atomic E-state index is 0.659. The minimum absolute atomic E-state index is 0.659. The highest BCUT2D eigenvalue weighted by Gasteiger charge is 2.23. The summed E-state index contributed by atoms with van der Waals surface area (Å²) in [5.74, 6) is 2.27. The first-order valence-corrected chi connectivity index (χ1v) is 9.82. The first-order valence-electron chi connectivity index (χ1n) is 9.82. The molecular formula is C22H25N7. The van der Waals surface area contributed by atoms with Gasteiger partial charge in [-0.2, -0.15) is 0 Å². The van der Waals surface area contributed by atoms with E-state index in [4.69, 9.17) is 4.98 Å². The van der Waals surface area contributed by atoms with Gasteiger partial charge in [0.05, 0.1) is 17.6 Å². The third-order valence-corrected chi connectivity index (χ3v) is 5.04. The molecule has 3 aromatic rings. The van der Waals surface area contributed by atoms with E-state index in [1.807, 2.05) is 6.20 Å². The van der Waals surface area contributed by atoms with E-state index in [1.165, 1.54) is 0 Å². The second-order valence-electron chi connectivity index (χ2n) is 7.02. The Morgan fingerprint density at radius 3 is 2.72 bits per heavy atom. The van der Waals surface area contributed by atoms with Crippen molar-refractivity contribution < 1.29 is 0 Å². The molecule has 0 unspecified atom stereocenters.